The van der Waals surface area contributed by atoms with Crippen LogP contribution in [0.2, 0.25) is 0 Å². The summed E-state index contributed by atoms with van der Waals surface area (Å²) in [5.74, 6) is -2.34. The van der Waals surface area contributed by atoms with Crippen molar-refractivity contribution in [3.63, 3.8) is 0 Å². The number of para-hydroxylation sites is 3. The lowest BCUT2D eigenvalue weighted by molar-refractivity contribution is -0.117. The highest BCUT2D eigenvalue weighted by atomic mass is 16.5. The first-order valence-electron chi connectivity index (χ1n) is 9.55. The third-order valence-corrected chi connectivity index (χ3v) is 4.72. The van der Waals surface area contributed by atoms with Gasteiger partial charge in [0.05, 0.1) is 41.5 Å². The molecule has 7 nitrogen and oxygen atoms in total. The smallest absolute Gasteiger partial charge is 0.249 e. The largest absolute Gasteiger partial charge is 0.492 e. The monoisotopic (exact) mass is 402 g/mol. The summed E-state index contributed by atoms with van der Waals surface area (Å²) in [6.07, 6.45) is 1.40. The second kappa shape index (κ2) is 9.05. The van der Waals surface area contributed by atoms with Crippen LogP contribution in [0.25, 0.3) is 5.69 Å². The van der Waals surface area contributed by atoms with Crippen molar-refractivity contribution in [2.75, 3.05) is 11.9 Å². The molecule has 2 aromatic carbocycles. The van der Waals surface area contributed by atoms with E-state index in [0.29, 0.717) is 23.7 Å². The van der Waals surface area contributed by atoms with Gasteiger partial charge in [-0.1, -0.05) is 30.3 Å². The van der Waals surface area contributed by atoms with Gasteiger partial charge in [0.2, 0.25) is 5.91 Å². The van der Waals surface area contributed by atoms with Crippen LogP contribution in [0.15, 0.2) is 54.7 Å². The van der Waals surface area contributed by atoms with Crippen molar-refractivity contribution in [3.8, 4) is 17.5 Å². The summed E-state index contributed by atoms with van der Waals surface area (Å²) in [6.45, 7) is 5.93. The van der Waals surface area contributed by atoms with Gasteiger partial charge in [0.15, 0.2) is 11.7 Å². The van der Waals surface area contributed by atoms with Crippen LogP contribution >= 0.6 is 0 Å². The van der Waals surface area contributed by atoms with Gasteiger partial charge in [0, 0.05) is 0 Å². The van der Waals surface area contributed by atoms with Gasteiger partial charge in [0.1, 0.15) is 5.75 Å². The van der Waals surface area contributed by atoms with E-state index in [4.69, 9.17) is 4.74 Å². The molecule has 30 heavy (non-hydrogen) atoms. The number of nitrogens with one attached hydrogen (secondary N) is 1. The molecule has 3 aromatic rings. The van der Waals surface area contributed by atoms with Crippen molar-refractivity contribution in [2.45, 2.75) is 20.8 Å². The van der Waals surface area contributed by atoms with Crippen LogP contribution in [0.1, 0.15) is 28.5 Å². The first-order chi connectivity index (χ1) is 14.5. The van der Waals surface area contributed by atoms with Crippen LogP contribution in [-0.4, -0.2) is 28.1 Å². The molecule has 0 bridgehead atoms. The highest BCUT2D eigenvalue weighted by Crippen LogP contribution is 2.25. The lowest BCUT2D eigenvalue weighted by Crippen LogP contribution is -2.29. The van der Waals surface area contributed by atoms with Crippen LogP contribution in [0.5, 0.6) is 5.75 Å². The van der Waals surface area contributed by atoms with Gasteiger partial charge in [-0.2, -0.15) is 10.4 Å². The topological polar surface area (TPSA) is 97.0 Å². The predicted octanol–water partition coefficient (Wildman–Crippen LogP) is 3.85. The maximum absolute atomic E-state index is 13.0. The Bertz CT molecular complexity index is 1130. The average Bonchev–Trinajstić information content (AvgIpc) is 3.11. The summed E-state index contributed by atoms with van der Waals surface area (Å²) in [4.78, 5) is 25.7. The van der Waals surface area contributed by atoms with Crippen molar-refractivity contribution in [1.82, 2.24) is 9.78 Å². The van der Waals surface area contributed by atoms with Crippen molar-refractivity contribution in [2.24, 2.45) is 5.92 Å². The van der Waals surface area contributed by atoms with Gasteiger partial charge < -0.3 is 10.1 Å². The fourth-order valence-corrected chi connectivity index (χ4v) is 3.14. The summed E-state index contributed by atoms with van der Waals surface area (Å²) >= 11 is 0. The van der Waals surface area contributed by atoms with Crippen LogP contribution in [-0.2, 0) is 4.79 Å². The highest BCUT2D eigenvalue weighted by molar-refractivity contribution is 6.16. The molecule has 0 spiro atoms. The number of hydrogen-bond donors (Lipinski definition) is 1. The van der Waals surface area contributed by atoms with E-state index in [1.807, 2.05) is 44.2 Å². The third kappa shape index (κ3) is 4.08. The number of nitrogens with zero attached hydrogens (tertiary/aromatic N) is 3. The summed E-state index contributed by atoms with van der Waals surface area (Å²) in [6, 6.07) is 16.3. The Morgan fingerprint density at radius 2 is 1.87 bits per heavy atom. The third-order valence-electron chi connectivity index (χ3n) is 4.72. The Labute approximate surface area is 174 Å². The second-order valence-corrected chi connectivity index (χ2v) is 6.69. The van der Waals surface area contributed by atoms with E-state index in [1.165, 1.54) is 6.20 Å². The summed E-state index contributed by atoms with van der Waals surface area (Å²) in [5, 5.41) is 16.5. The SMILES string of the molecule is CCOc1ccccc1NC(=O)C(C#N)C(=O)c1cnn(-c2ccccc2C)c1C. The minimum atomic E-state index is -1.51. The maximum Gasteiger partial charge on any atom is 0.249 e. The number of carbonyl (C=O) groups is 2. The Balaban J connectivity index is 1.86. The number of benzene rings is 2. The molecule has 0 saturated carbocycles. The zero-order chi connectivity index (χ0) is 21.7. The van der Waals surface area contributed by atoms with Gasteiger partial charge >= 0.3 is 0 Å². The Morgan fingerprint density at radius 1 is 1.17 bits per heavy atom. The van der Waals surface area contributed by atoms with Gasteiger partial charge in [-0.15, -0.1) is 0 Å². The summed E-state index contributed by atoms with van der Waals surface area (Å²) in [7, 11) is 0. The van der Waals surface area contributed by atoms with E-state index in [2.05, 4.69) is 10.4 Å². The average molecular weight is 402 g/mol. The second-order valence-electron chi connectivity index (χ2n) is 6.69. The molecule has 0 aliphatic carbocycles. The minimum absolute atomic E-state index is 0.234. The van der Waals surface area contributed by atoms with Crippen LogP contribution in [0.4, 0.5) is 5.69 Å². The molecule has 1 heterocycles. The zero-order valence-electron chi connectivity index (χ0n) is 17.0. The first-order valence-corrected chi connectivity index (χ1v) is 9.55. The van der Waals surface area contributed by atoms with E-state index in [-0.39, 0.29) is 5.56 Å². The number of hydrogen-bond acceptors (Lipinski definition) is 5. The van der Waals surface area contributed by atoms with E-state index in [0.717, 1.165) is 11.3 Å². The number of ether oxygens (including phenoxy) is 1. The number of rotatable bonds is 7. The Morgan fingerprint density at radius 3 is 2.57 bits per heavy atom. The molecular weight excluding hydrogens is 380 g/mol. The fraction of sp³-hybridized carbons (Fsp3) is 0.217. The van der Waals surface area contributed by atoms with E-state index < -0.39 is 17.6 Å². The van der Waals surface area contributed by atoms with Crippen molar-refractivity contribution >= 4 is 17.4 Å². The number of amides is 1. The zero-order valence-corrected chi connectivity index (χ0v) is 17.0. The lowest BCUT2D eigenvalue weighted by Gasteiger charge is -2.13. The molecule has 0 fully saturated rings. The van der Waals surface area contributed by atoms with E-state index >= 15 is 0 Å². The molecule has 1 unspecified atom stereocenters. The van der Waals surface area contributed by atoms with Gasteiger partial charge in [0.25, 0.3) is 0 Å². The van der Waals surface area contributed by atoms with Crippen LogP contribution in [0, 0.1) is 31.1 Å². The standard InChI is InChI=1S/C23H22N4O3/c1-4-30-21-12-8-6-10-19(21)26-23(29)17(13-24)22(28)18-14-25-27(16(18)3)20-11-7-5-9-15(20)2/h5-12,14,17H,4H2,1-3H3,(H,26,29). The number of anilines is 1. The number of carbonyl (C=O) groups excluding carboxylic acids is 2. The maximum atomic E-state index is 13.0. The molecule has 1 aromatic heterocycles. The molecule has 0 aliphatic rings. The molecule has 3 rings (SSSR count). The number of aryl methyl sites for hydroxylation is 1. The van der Waals surface area contributed by atoms with Gasteiger partial charge in [-0.05, 0) is 44.5 Å². The predicted molar refractivity (Wildman–Crippen MR) is 113 cm³/mol. The van der Waals surface area contributed by atoms with Crippen LogP contribution < -0.4 is 10.1 Å². The van der Waals surface area contributed by atoms with E-state index in [9.17, 15) is 14.9 Å². The molecule has 1 atom stereocenters. The lowest BCUT2D eigenvalue weighted by atomic mass is 9.98. The van der Waals surface area contributed by atoms with Crippen LogP contribution in [0.3, 0.4) is 0 Å². The Kier molecular flexibility index (Phi) is 6.28. The molecule has 1 amide bonds. The molecule has 152 valence electrons. The van der Waals surface area contributed by atoms with Gasteiger partial charge in [-0.3, -0.25) is 9.59 Å². The fourth-order valence-electron chi connectivity index (χ4n) is 3.14. The number of ketones is 1. The van der Waals surface area contributed by atoms with Crippen molar-refractivity contribution in [1.29, 1.82) is 5.26 Å². The molecule has 0 saturated heterocycles. The quantitative estimate of drug-likeness (QED) is 0.478. The van der Waals surface area contributed by atoms with Gasteiger partial charge in [-0.25, -0.2) is 4.68 Å². The minimum Gasteiger partial charge on any atom is -0.492 e. The number of nitriles is 1. The van der Waals surface area contributed by atoms with E-state index in [1.54, 1.807) is 35.9 Å². The Hall–Kier alpha value is -3.92. The molecule has 0 radical (unpaired) electrons. The number of Topliss-reactive ketones (excluding diaryl/α,β-unsaturated/α-hetero) is 1. The van der Waals surface area contributed by atoms with Crippen molar-refractivity contribution in [3.05, 3.63) is 71.5 Å². The molecule has 1 N–H and O–H groups in total. The molecule has 7 heteroatoms. The number of aromatic nitrogens is 2. The molecular formula is C23H22N4O3. The van der Waals surface area contributed by atoms with Crippen molar-refractivity contribution < 1.29 is 14.3 Å². The summed E-state index contributed by atoms with van der Waals surface area (Å²) < 4.78 is 7.12. The first kappa shape index (κ1) is 20.8. The molecule has 0 aliphatic heterocycles. The normalized spacial score (nSPS) is 11.4. The summed E-state index contributed by atoms with van der Waals surface area (Å²) in [5.41, 5.74) is 3.03. The highest BCUT2D eigenvalue weighted by Gasteiger charge is 2.31.